The van der Waals surface area contributed by atoms with Gasteiger partial charge in [-0.1, -0.05) is 55.5 Å². The number of carbonyl (C=O) groups excluding carboxylic acids is 4. The molecule has 0 amide bonds. The highest BCUT2D eigenvalue weighted by Crippen LogP contribution is 2.38. The van der Waals surface area contributed by atoms with E-state index in [0.29, 0.717) is 55.9 Å². The van der Waals surface area contributed by atoms with Crippen LogP contribution in [0, 0.1) is 0 Å². The topological polar surface area (TPSA) is 183 Å². The molecule has 2 aliphatic rings. The third-order valence-electron chi connectivity index (χ3n) is 10.3. The summed E-state index contributed by atoms with van der Waals surface area (Å²) in [5.41, 5.74) is 6.66. The molecule has 4 aromatic carbocycles. The van der Waals surface area contributed by atoms with Crippen LogP contribution in [-0.4, -0.2) is 134 Å². The first-order valence-electron chi connectivity index (χ1n) is 20.0. The van der Waals surface area contributed by atoms with Gasteiger partial charge in [0.1, 0.15) is 0 Å². The average molecular weight is 880 g/mol. The number of carbonyl (C=O) groups is 4. The minimum absolute atomic E-state index is 0. The van der Waals surface area contributed by atoms with E-state index in [4.69, 9.17) is 0 Å². The maximum atomic E-state index is 13.2. The molecule has 0 unspecified atom stereocenters. The van der Waals surface area contributed by atoms with Crippen LogP contribution in [0.4, 0.5) is 22.7 Å². The van der Waals surface area contributed by atoms with Crippen LogP contribution < -0.4 is 33.7 Å². The molecule has 0 saturated heterocycles. The predicted octanol–water partition coefficient (Wildman–Crippen LogP) is 2.90. The van der Waals surface area contributed by atoms with Crippen molar-refractivity contribution in [2.75, 3.05) is 110 Å². The van der Waals surface area contributed by atoms with Crippen molar-refractivity contribution in [3.63, 3.8) is 0 Å². The van der Waals surface area contributed by atoms with Crippen molar-refractivity contribution in [2.24, 2.45) is 0 Å². The lowest BCUT2D eigenvalue weighted by Gasteiger charge is -2.29. The van der Waals surface area contributed by atoms with Crippen LogP contribution in [0.3, 0.4) is 0 Å². The Morgan fingerprint density at radius 3 is 1.16 bits per heavy atom. The summed E-state index contributed by atoms with van der Waals surface area (Å²) in [6, 6.07) is 21.6. The lowest BCUT2D eigenvalue weighted by atomic mass is 9.82. The molecule has 0 bridgehead atoms. The van der Waals surface area contributed by atoms with Crippen LogP contribution in [0.1, 0.15) is 89.9 Å². The monoisotopic (exact) mass is 878 g/mol. The summed E-state index contributed by atoms with van der Waals surface area (Å²) in [7, 11) is 10.9. The molecule has 16 heteroatoms. The minimum Gasteiger partial charge on any atom is -1.00 e. The van der Waals surface area contributed by atoms with Crippen LogP contribution in [0.15, 0.2) is 72.8 Å². The molecular weight excluding hydrogens is 820 g/mol. The second-order valence-corrected chi connectivity index (χ2v) is 17.4. The molecule has 0 atom stereocenters. The van der Waals surface area contributed by atoms with Crippen molar-refractivity contribution in [3.05, 3.63) is 117 Å². The van der Waals surface area contributed by atoms with Gasteiger partial charge in [0.05, 0.1) is 84.2 Å². The SMILES string of the molecule is CCC[N+](C)(C)CCCNc1ccc(NC)c2c1C(=O)c1ccccc1C2=O.CNc1ccc(NCCC[N+](C)(C)C)c2c1C(=O)c1ccccc1C2=O.COS(=O)(=O)[O-].[Cl-]. The zero-order valence-electron chi connectivity index (χ0n) is 36.5. The number of halogens is 1. The highest BCUT2D eigenvalue weighted by atomic mass is 35.5. The van der Waals surface area contributed by atoms with Gasteiger partial charge in [-0.25, -0.2) is 8.42 Å². The molecular formula is C45H59ClN6O8S. The number of ketones is 4. The fraction of sp³-hybridized carbons (Fsp3) is 0.378. The normalized spacial score (nSPS) is 12.8. The van der Waals surface area contributed by atoms with Crippen molar-refractivity contribution < 1.29 is 57.7 Å². The van der Waals surface area contributed by atoms with E-state index < -0.39 is 10.4 Å². The number of rotatable bonds is 15. The van der Waals surface area contributed by atoms with Gasteiger partial charge in [0.15, 0.2) is 23.1 Å². The molecule has 0 radical (unpaired) electrons. The second-order valence-electron chi connectivity index (χ2n) is 16.3. The Labute approximate surface area is 366 Å². The van der Waals surface area contributed by atoms with Gasteiger partial charge in [0.25, 0.3) is 0 Å². The number of fused-ring (bicyclic) bond motifs is 4. The van der Waals surface area contributed by atoms with E-state index in [2.05, 4.69) is 67.6 Å². The van der Waals surface area contributed by atoms with E-state index in [1.165, 1.54) is 0 Å². The van der Waals surface area contributed by atoms with Gasteiger partial charge in [0, 0.05) is 85.0 Å². The van der Waals surface area contributed by atoms with Gasteiger partial charge in [-0.15, -0.1) is 0 Å². The Kier molecular flexibility index (Phi) is 17.8. The minimum atomic E-state index is -4.41. The van der Waals surface area contributed by atoms with Crippen LogP contribution in [0.2, 0.25) is 0 Å². The molecule has 0 aromatic heterocycles. The van der Waals surface area contributed by atoms with Crippen molar-refractivity contribution in [3.8, 4) is 0 Å². The van der Waals surface area contributed by atoms with Gasteiger partial charge in [-0.05, 0) is 30.7 Å². The maximum Gasteiger partial charge on any atom is 0.217 e. The average Bonchev–Trinajstić information content (AvgIpc) is 3.21. The molecule has 61 heavy (non-hydrogen) atoms. The summed E-state index contributed by atoms with van der Waals surface area (Å²) in [5.74, 6) is -0.387. The maximum absolute atomic E-state index is 13.2. The van der Waals surface area contributed by atoms with Gasteiger partial charge >= 0.3 is 0 Å². The summed E-state index contributed by atoms with van der Waals surface area (Å²) >= 11 is 0. The van der Waals surface area contributed by atoms with Gasteiger partial charge in [0.2, 0.25) is 10.4 Å². The first-order chi connectivity index (χ1) is 28.3. The number of hydrogen-bond acceptors (Lipinski definition) is 12. The largest absolute Gasteiger partial charge is 1.00 e. The number of quaternary nitrogens is 2. The Hall–Kier alpha value is -5.16. The first kappa shape index (κ1) is 50.2. The highest BCUT2D eigenvalue weighted by Gasteiger charge is 2.35. The number of anilines is 4. The van der Waals surface area contributed by atoms with E-state index >= 15 is 0 Å². The lowest BCUT2D eigenvalue weighted by molar-refractivity contribution is -0.890. The number of nitrogens with one attached hydrogen (secondary N) is 4. The van der Waals surface area contributed by atoms with Gasteiger partial charge in [-0.2, -0.15) is 0 Å². The van der Waals surface area contributed by atoms with E-state index in [1.54, 1.807) is 62.6 Å². The Balaban J connectivity index is 0.000000283. The molecule has 2 aliphatic carbocycles. The smallest absolute Gasteiger partial charge is 0.217 e. The van der Waals surface area contributed by atoms with Gasteiger partial charge < -0.3 is 47.2 Å². The zero-order chi connectivity index (χ0) is 44.4. The fourth-order valence-corrected chi connectivity index (χ4v) is 7.38. The van der Waals surface area contributed by atoms with Crippen molar-refractivity contribution in [1.29, 1.82) is 0 Å². The quantitative estimate of drug-likeness (QED) is 0.0514. The third-order valence-corrected chi connectivity index (χ3v) is 10.7. The van der Waals surface area contributed by atoms with Crippen LogP contribution in [0.25, 0.3) is 0 Å². The summed E-state index contributed by atoms with van der Waals surface area (Å²) in [6.45, 7) is 6.96. The third kappa shape index (κ3) is 12.7. The van der Waals surface area contributed by atoms with Crippen molar-refractivity contribution in [2.45, 2.75) is 26.2 Å². The predicted molar refractivity (Wildman–Crippen MR) is 237 cm³/mol. The van der Waals surface area contributed by atoms with E-state index in [9.17, 15) is 32.1 Å². The van der Waals surface area contributed by atoms with Gasteiger partial charge in [-0.3, -0.25) is 23.4 Å². The van der Waals surface area contributed by atoms with Crippen LogP contribution in [-0.2, 0) is 14.6 Å². The lowest BCUT2D eigenvalue weighted by Crippen LogP contribution is -3.00. The fourth-order valence-electron chi connectivity index (χ4n) is 7.38. The molecule has 4 aromatic rings. The molecule has 0 fully saturated rings. The Bertz CT molecular complexity index is 2340. The second kappa shape index (κ2) is 21.6. The number of benzene rings is 4. The summed E-state index contributed by atoms with van der Waals surface area (Å²) in [5, 5.41) is 12.9. The first-order valence-corrected chi connectivity index (χ1v) is 21.3. The Morgan fingerprint density at radius 2 is 0.869 bits per heavy atom. The number of hydrogen-bond donors (Lipinski definition) is 4. The summed E-state index contributed by atoms with van der Waals surface area (Å²) < 4.78 is 32.9. The highest BCUT2D eigenvalue weighted by molar-refractivity contribution is 7.80. The van der Waals surface area contributed by atoms with E-state index in [-0.39, 0.29) is 35.5 Å². The van der Waals surface area contributed by atoms with Crippen LogP contribution >= 0.6 is 0 Å². The van der Waals surface area contributed by atoms with Crippen molar-refractivity contribution >= 4 is 56.3 Å². The molecule has 0 heterocycles. The molecule has 14 nitrogen and oxygen atoms in total. The molecule has 0 saturated carbocycles. The Morgan fingerprint density at radius 1 is 0.557 bits per heavy atom. The molecule has 330 valence electrons. The molecule has 4 N–H and O–H groups in total. The standard InChI is InChI=1S/C23H29N3O2.C21H25N3O2.CH4O4S.ClH/c1-5-14-26(3,4)15-8-13-25-19-12-11-18(24-2)20-21(19)23(28)17-10-7-6-9-16(17)22(20)27;1-22-16-10-11-17(23-12-7-13-24(2,3)4)19-18(16)20(25)14-8-5-6-9-15(14)21(19)26;1-5-6(2,3)4;/h6-7,9-12H,5,8,13-15H2,1-4H3,(H-,24,25,27,28);5-6,8-11H,7,12-13H2,1-4H3,(H-,22,23,25,26);1H3,(H,2,3,4);1H. The summed E-state index contributed by atoms with van der Waals surface area (Å²) in [4.78, 5) is 52.4. The zero-order valence-corrected chi connectivity index (χ0v) is 38.1. The summed E-state index contributed by atoms with van der Waals surface area (Å²) in [6.07, 6.45) is 3.13. The molecule has 0 aliphatic heterocycles. The number of nitrogens with zero attached hydrogens (tertiary/aromatic N) is 2. The van der Waals surface area contributed by atoms with E-state index in [0.717, 1.165) is 79.4 Å². The van der Waals surface area contributed by atoms with Crippen molar-refractivity contribution in [1.82, 2.24) is 0 Å². The molecule has 6 rings (SSSR count). The molecule has 0 spiro atoms. The van der Waals surface area contributed by atoms with Crippen LogP contribution in [0.5, 0.6) is 0 Å². The van der Waals surface area contributed by atoms with E-state index in [1.807, 2.05) is 24.3 Å².